The summed E-state index contributed by atoms with van der Waals surface area (Å²) in [6.45, 7) is 10.6. The maximum absolute atomic E-state index is 13.2. The van der Waals surface area contributed by atoms with Crippen LogP contribution in [0.5, 0.6) is 5.75 Å². The number of benzene rings is 1. The number of nitrogens with one attached hydrogen (secondary N) is 3. The second-order valence-electron chi connectivity index (χ2n) is 9.15. The quantitative estimate of drug-likeness (QED) is 0.497. The monoisotopic (exact) mass is 458 g/mol. The summed E-state index contributed by atoms with van der Waals surface area (Å²) >= 11 is 0. The maximum Gasteiger partial charge on any atom is 0.250 e. The predicted molar refractivity (Wildman–Crippen MR) is 124 cm³/mol. The first-order chi connectivity index (χ1) is 15.1. The molecule has 10 heteroatoms. The van der Waals surface area contributed by atoms with Gasteiger partial charge in [-0.2, -0.15) is 5.10 Å². The molecule has 9 nitrogen and oxygen atoms in total. The molecule has 0 saturated carbocycles. The van der Waals surface area contributed by atoms with Crippen molar-refractivity contribution in [3.8, 4) is 5.75 Å². The number of anilines is 2. The molecule has 0 radical (unpaired) electrons. The second-order valence-corrected chi connectivity index (χ2v) is 11.7. The minimum absolute atomic E-state index is 0.126. The van der Waals surface area contributed by atoms with Crippen LogP contribution in [0.1, 0.15) is 44.9 Å². The summed E-state index contributed by atoms with van der Waals surface area (Å²) < 4.78 is 31.4. The summed E-state index contributed by atoms with van der Waals surface area (Å²) in [6.07, 6.45) is 1.98. The van der Waals surface area contributed by atoms with Gasteiger partial charge in [-0.05, 0) is 72.7 Å². The smallest absolute Gasteiger partial charge is 0.250 e. The Labute approximate surface area is 188 Å². The van der Waals surface area contributed by atoms with Crippen LogP contribution < -0.4 is 15.4 Å². The Morgan fingerprint density at radius 1 is 1.12 bits per heavy atom. The third-order valence-corrected chi connectivity index (χ3v) is 8.06. The highest BCUT2D eigenvalue weighted by Crippen LogP contribution is 2.32. The highest BCUT2D eigenvalue weighted by atomic mass is 32.2. The molecule has 0 bridgehead atoms. The van der Waals surface area contributed by atoms with E-state index in [1.165, 1.54) is 0 Å². The zero-order valence-corrected chi connectivity index (χ0v) is 19.9. The van der Waals surface area contributed by atoms with Crippen molar-refractivity contribution in [2.45, 2.75) is 63.5 Å². The molecule has 1 aliphatic heterocycles. The molecule has 0 unspecified atom stereocenters. The summed E-state index contributed by atoms with van der Waals surface area (Å²) in [6, 6.07) is 5.53. The normalized spacial score (nSPS) is 15.8. The number of rotatable bonds is 5. The van der Waals surface area contributed by atoms with Crippen molar-refractivity contribution in [3.63, 3.8) is 0 Å². The van der Waals surface area contributed by atoms with Crippen molar-refractivity contribution >= 4 is 32.4 Å². The lowest BCUT2D eigenvalue weighted by Gasteiger charge is -2.24. The number of piperidine rings is 1. The van der Waals surface area contributed by atoms with Gasteiger partial charge in [0.15, 0.2) is 0 Å². The SMILES string of the molecule is Cc1n[nH]c(Nc2nc(S(=O)(=O)C(C)(C)C)nc3cc(OC4CCNCC4)ccc23)c1C. The maximum atomic E-state index is 13.2. The van der Waals surface area contributed by atoms with Crippen LogP contribution in [0, 0.1) is 13.8 Å². The number of hydrogen-bond donors (Lipinski definition) is 3. The number of sulfone groups is 1. The number of aromatic nitrogens is 4. The molecule has 32 heavy (non-hydrogen) atoms. The molecule has 2 aromatic heterocycles. The standard InChI is InChI=1S/C22H30N6O3S/c1-13-14(2)27-28-19(13)25-20-17-7-6-16(31-15-8-10-23-11-9-15)12-18(17)24-21(26-20)32(29,30)22(3,4)5/h6-7,12,15,23H,8-11H2,1-5H3,(H2,24,25,26,27,28). The van der Waals surface area contributed by atoms with E-state index in [0.29, 0.717) is 28.3 Å². The van der Waals surface area contributed by atoms with Gasteiger partial charge in [0.1, 0.15) is 23.5 Å². The summed E-state index contributed by atoms with van der Waals surface area (Å²) in [4.78, 5) is 8.86. The van der Waals surface area contributed by atoms with Crippen LogP contribution in [0.2, 0.25) is 0 Å². The fourth-order valence-corrected chi connectivity index (χ4v) is 4.46. The topological polar surface area (TPSA) is 122 Å². The largest absolute Gasteiger partial charge is 0.490 e. The van der Waals surface area contributed by atoms with Crippen LogP contribution in [-0.2, 0) is 9.84 Å². The van der Waals surface area contributed by atoms with E-state index in [1.807, 2.05) is 26.0 Å². The summed E-state index contributed by atoms with van der Waals surface area (Å²) in [5, 5.41) is 14.2. The molecule has 0 amide bonds. The average molecular weight is 459 g/mol. The van der Waals surface area contributed by atoms with Gasteiger partial charge in [-0.3, -0.25) is 5.10 Å². The van der Waals surface area contributed by atoms with Gasteiger partial charge in [-0.25, -0.2) is 18.4 Å². The molecule has 1 fully saturated rings. The molecule has 0 aliphatic carbocycles. The third kappa shape index (κ3) is 4.29. The van der Waals surface area contributed by atoms with Crippen molar-refractivity contribution in [2.24, 2.45) is 0 Å². The van der Waals surface area contributed by atoms with E-state index >= 15 is 0 Å². The Bertz CT molecular complexity index is 1240. The zero-order chi connectivity index (χ0) is 23.1. The molecular formula is C22H30N6O3S. The summed E-state index contributed by atoms with van der Waals surface area (Å²) in [5.74, 6) is 1.73. The first-order valence-electron chi connectivity index (χ1n) is 10.8. The molecule has 0 spiro atoms. The highest BCUT2D eigenvalue weighted by molar-refractivity contribution is 7.92. The van der Waals surface area contributed by atoms with E-state index in [4.69, 9.17) is 4.74 Å². The Hall–Kier alpha value is -2.72. The van der Waals surface area contributed by atoms with Gasteiger partial charge >= 0.3 is 0 Å². The van der Waals surface area contributed by atoms with E-state index in [0.717, 1.165) is 37.2 Å². The van der Waals surface area contributed by atoms with Gasteiger partial charge < -0.3 is 15.4 Å². The molecule has 0 atom stereocenters. The predicted octanol–water partition coefficient (Wildman–Crippen LogP) is 3.42. The van der Waals surface area contributed by atoms with E-state index in [1.54, 1.807) is 26.8 Å². The Morgan fingerprint density at radius 3 is 2.47 bits per heavy atom. The first-order valence-corrected chi connectivity index (χ1v) is 12.3. The van der Waals surface area contributed by atoms with Crippen LogP contribution in [0.15, 0.2) is 23.4 Å². The number of H-pyrrole nitrogens is 1. The van der Waals surface area contributed by atoms with Crippen LogP contribution in [-0.4, -0.2) is 52.5 Å². The molecule has 3 N–H and O–H groups in total. The molecule has 1 aliphatic rings. The lowest BCUT2D eigenvalue weighted by atomic mass is 10.1. The minimum Gasteiger partial charge on any atom is -0.490 e. The Balaban J connectivity index is 1.81. The minimum atomic E-state index is -3.76. The lowest BCUT2D eigenvalue weighted by Crippen LogP contribution is -2.34. The third-order valence-electron chi connectivity index (χ3n) is 5.78. The number of aryl methyl sites for hydroxylation is 1. The fraction of sp³-hybridized carbons (Fsp3) is 0.500. The molecule has 1 saturated heterocycles. The second kappa shape index (κ2) is 8.32. The van der Waals surface area contributed by atoms with E-state index in [-0.39, 0.29) is 11.3 Å². The molecule has 3 aromatic rings. The molecule has 3 heterocycles. The molecular weight excluding hydrogens is 428 g/mol. The Morgan fingerprint density at radius 2 is 1.84 bits per heavy atom. The van der Waals surface area contributed by atoms with Crippen molar-refractivity contribution in [3.05, 3.63) is 29.5 Å². The van der Waals surface area contributed by atoms with Crippen LogP contribution in [0.4, 0.5) is 11.6 Å². The summed E-state index contributed by atoms with van der Waals surface area (Å²) in [7, 11) is -3.76. The number of ether oxygens (including phenoxy) is 1. The lowest BCUT2D eigenvalue weighted by molar-refractivity contribution is 0.162. The van der Waals surface area contributed by atoms with Gasteiger partial charge in [-0.1, -0.05) is 0 Å². The van der Waals surface area contributed by atoms with Gasteiger partial charge in [-0.15, -0.1) is 0 Å². The number of fused-ring (bicyclic) bond motifs is 1. The number of nitrogens with zero attached hydrogens (tertiary/aromatic N) is 3. The van der Waals surface area contributed by atoms with Crippen molar-refractivity contribution < 1.29 is 13.2 Å². The zero-order valence-electron chi connectivity index (χ0n) is 19.1. The average Bonchev–Trinajstić information content (AvgIpc) is 3.05. The molecule has 172 valence electrons. The van der Waals surface area contributed by atoms with Crippen LogP contribution in [0.3, 0.4) is 0 Å². The number of aromatic amines is 1. The van der Waals surface area contributed by atoms with Crippen molar-refractivity contribution in [1.82, 2.24) is 25.5 Å². The highest BCUT2D eigenvalue weighted by Gasteiger charge is 2.34. The van der Waals surface area contributed by atoms with Gasteiger partial charge in [0.25, 0.3) is 0 Å². The fourth-order valence-electron chi connectivity index (χ4n) is 3.48. The number of hydrogen-bond acceptors (Lipinski definition) is 8. The first kappa shape index (κ1) is 22.5. The summed E-state index contributed by atoms with van der Waals surface area (Å²) in [5.41, 5.74) is 2.29. The van der Waals surface area contributed by atoms with E-state index < -0.39 is 14.6 Å². The molecule has 4 rings (SSSR count). The van der Waals surface area contributed by atoms with Crippen molar-refractivity contribution in [1.29, 1.82) is 0 Å². The molecule has 1 aromatic carbocycles. The van der Waals surface area contributed by atoms with Crippen LogP contribution >= 0.6 is 0 Å². The van der Waals surface area contributed by atoms with E-state index in [2.05, 4.69) is 30.8 Å². The van der Waals surface area contributed by atoms with Crippen LogP contribution in [0.25, 0.3) is 10.9 Å². The van der Waals surface area contributed by atoms with Crippen molar-refractivity contribution in [2.75, 3.05) is 18.4 Å². The van der Waals surface area contributed by atoms with Gasteiger partial charge in [0.05, 0.1) is 16.0 Å². The Kier molecular flexibility index (Phi) is 5.85. The van der Waals surface area contributed by atoms with Gasteiger partial charge in [0.2, 0.25) is 15.0 Å². The van der Waals surface area contributed by atoms with E-state index in [9.17, 15) is 8.42 Å². The van der Waals surface area contributed by atoms with Gasteiger partial charge in [0, 0.05) is 17.0 Å².